The number of rotatable bonds is 4. The lowest BCUT2D eigenvalue weighted by Crippen LogP contribution is -2.24. The molecule has 0 spiro atoms. The van der Waals surface area contributed by atoms with E-state index in [1.165, 1.54) is 17.0 Å². The van der Waals surface area contributed by atoms with Gasteiger partial charge in [0.2, 0.25) is 0 Å². The van der Waals surface area contributed by atoms with Crippen LogP contribution in [0.4, 0.5) is 5.69 Å². The number of fused-ring (bicyclic) bond motifs is 1. The summed E-state index contributed by atoms with van der Waals surface area (Å²) in [6, 6.07) is 4.69. The number of anilines is 1. The number of sulfonamides is 1. The number of imidazole rings is 1. The van der Waals surface area contributed by atoms with Gasteiger partial charge in [0.25, 0.3) is 15.9 Å². The van der Waals surface area contributed by atoms with Gasteiger partial charge in [-0.3, -0.25) is 9.52 Å². The number of carbonyl (C=O) groups is 1. The number of halogens is 1. The molecule has 26 heavy (non-hydrogen) atoms. The Balaban J connectivity index is 1.98. The van der Waals surface area contributed by atoms with Gasteiger partial charge in [-0.05, 0) is 38.0 Å². The number of carbonyl (C=O) groups excluding carboxylic acids is 1. The molecule has 2 aromatic rings. The van der Waals surface area contributed by atoms with E-state index in [1.54, 1.807) is 26.4 Å². The first kappa shape index (κ1) is 18.7. The normalized spacial score (nSPS) is 16.8. The number of nitrogens with zero attached hydrogens (tertiary/aromatic N) is 3. The third-order valence-corrected chi connectivity index (χ3v) is 5.89. The molecule has 1 unspecified atom stereocenters. The molecule has 0 fully saturated rings. The van der Waals surface area contributed by atoms with Crippen LogP contribution in [0.1, 0.15) is 42.0 Å². The molecule has 1 aromatic heterocycles. The van der Waals surface area contributed by atoms with E-state index in [2.05, 4.69) is 9.71 Å². The highest BCUT2D eigenvalue weighted by atomic mass is 35.5. The van der Waals surface area contributed by atoms with Crippen molar-refractivity contribution in [1.29, 1.82) is 0 Å². The topological polar surface area (TPSA) is 84.3 Å². The second-order valence-corrected chi connectivity index (χ2v) is 8.70. The Morgan fingerprint density at radius 3 is 2.77 bits per heavy atom. The van der Waals surface area contributed by atoms with Crippen LogP contribution in [0.5, 0.6) is 0 Å². The summed E-state index contributed by atoms with van der Waals surface area (Å²) in [4.78, 5) is 18.0. The van der Waals surface area contributed by atoms with Crippen LogP contribution in [-0.4, -0.2) is 42.9 Å². The molecular weight excluding hydrogens is 376 g/mol. The molecule has 1 aromatic carbocycles. The summed E-state index contributed by atoms with van der Waals surface area (Å²) in [6.45, 7) is 2.04. The van der Waals surface area contributed by atoms with Crippen molar-refractivity contribution in [2.45, 2.75) is 37.3 Å². The minimum Gasteiger partial charge on any atom is -0.345 e. The molecule has 1 N–H and O–H groups in total. The summed E-state index contributed by atoms with van der Waals surface area (Å²) >= 11 is 6.00. The summed E-state index contributed by atoms with van der Waals surface area (Å²) in [5.41, 5.74) is 0.357. The molecule has 140 valence electrons. The highest BCUT2D eigenvalue weighted by Crippen LogP contribution is 2.28. The molecule has 1 amide bonds. The Morgan fingerprint density at radius 2 is 2.12 bits per heavy atom. The number of aromatic nitrogens is 2. The molecule has 2 heterocycles. The van der Waals surface area contributed by atoms with Crippen molar-refractivity contribution in [3.63, 3.8) is 0 Å². The first-order chi connectivity index (χ1) is 12.2. The lowest BCUT2D eigenvalue weighted by Gasteiger charge is -2.20. The van der Waals surface area contributed by atoms with Gasteiger partial charge in [-0.15, -0.1) is 0 Å². The zero-order chi connectivity index (χ0) is 19.1. The predicted molar refractivity (Wildman–Crippen MR) is 100 cm³/mol. The molecular formula is C17H21ClN4O3S. The lowest BCUT2D eigenvalue weighted by molar-refractivity contribution is 0.0828. The van der Waals surface area contributed by atoms with Gasteiger partial charge in [0, 0.05) is 37.8 Å². The number of hydrogen-bond acceptors (Lipinski definition) is 4. The number of amides is 1. The summed E-state index contributed by atoms with van der Waals surface area (Å²) in [7, 11) is -0.746. The van der Waals surface area contributed by atoms with Crippen LogP contribution in [-0.2, 0) is 16.4 Å². The summed E-state index contributed by atoms with van der Waals surface area (Å²) < 4.78 is 30.0. The van der Waals surface area contributed by atoms with Gasteiger partial charge in [0.05, 0.1) is 11.3 Å². The third kappa shape index (κ3) is 3.57. The molecule has 1 aliphatic heterocycles. The number of aryl methyl sites for hydroxylation is 1. The molecule has 3 rings (SSSR count). The van der Waals surface area contributed by atoms with Crippen molar-refractivity contribution in [2.75, 3.05) is 18.8 Å². The van der Waals surface area contributed by atoms with E-state index >= 15 is 0 Å². The van der Waals surface area contributed by atoms with E-state index in [9.17, 15) is 13.2 Å². The monoisotopic (exact) mass is 396 g/mol. The van der Waals surface area contributed by atoms with Crippen LogP contribution in [0.3, 0.4) is 0 Å². The zero-order valence-corrected chi connectivity index (χ0v) is 16.4. The van der Waals surface area contributed by atoms with E-state index < -0.39 is 10.0 Å². The highest BCUT2D eigenvalue weighted by molar-refractivity contribution is 7.92. The van der Waals surface area contributed by atoms with Crippen molar-refractivity contribution in [2.24, 2.45) is 0 Å². The Hall–Kier alpha value is -2.06. The quantitative estimate of drug-likeness (QED) is 0.861. The van der Waals surface area contributed by atoms with E-state index in [0.717, 1.165) is 25.1 Å². The standard InChI is InChI=1S/C17H21ClN4O3S/c1-11-5-4-6-15-19-16(10-22(11)15)26(24,25)20-14-9-12(18)7-8-13(14)17(23)21(2)3/h7-11,20H,4-6H2,1-3H3. The summed E-state index contributed by atoms with van der Waals surface area (Å²) in [6.07, 6.45) is 4.29. The van der Waals surface area contributed by atoms with Crippen molar-refractivity contribution in [3.05, 3.63) is 40.8 Å². The second-order valence-electron chi connectivity index (χ2n) is 6.64. The van der Waals surface area contributed by atoms with E-state index in [4.69, 9.17) is 11.6 Å². The van der Waals surface area contributed by atoms with Gasteiger partial charge >= 0.3 is 0 Å². The first-order valence-corrected chi connectivity index (χ1v) is 10.2. The van der Waals surface area contributed by atoms with Crippen LogP contribution in [0.2, 0.25) is 5.02 Å². The second kappa shape index (κ2) is 6.92. The number of hydrogen-bond donors (Lipinski definition) is 1. The van der Waals surface area contributed by atoms with Crippen molar-refractivity contribution < 1.29 is 13.2 Å². The Kier molecular flexibility index (Phi) is 4.98. The minimum atomic E-state index is -3.94. The van der Waals surface area contributed by atoms with Gasteiger partial charge in [-0.25, -0.2) is 4.98 Å². The van der Waals surface area contributed by atoms with E-state index in [0.29, 0.717) is 5.02 Å². The van der Waals surface area contributed by atoms with Gasteiger partial charge in [0.15, 0.2) is 5.03 Å². The Morgan fingerprint density at radius 1 is 1.38 bits per heavy atom. The fraction of sp³-hybridized carbons (Fsp3) is 0.412. The first-order valence-electron chi connectivity index (χ1n) is 8.31. The van der Waals surface area contributed by atoms with Crippen LogP contribution in [0.15, 0.2) is 29.4 Å². The van der Waals surface area contributed by atoms with Crippen LogP contribution in [0, 0.1) is 0 Å². The molecule has 0 radical (unpaired) electrons. The van der Waals surface area contributed by atoms with Crippen molar-refractivity contribution >= 4 is 33.2 Å². The molecule has 1 aliphatic rings. The van der Waals surface area contributed by atoms with Gasteiger partial charge in [-0.1, -0.05) is 11.6 Å². The van der Waals surface area contributed by atoms with E-state index in [1.807, 2.05) is 11.5 Å². The summed E-state index contributed by atoms with van der Waals surface area (Å²) in [5, 5.41) is 0.278. The number of nitrogens with one attached hydrogen (secondary N) is 1. The summed E-state index contributed by atoms with van der Waals surface area (Å²) in [5.74, 6) is 0.442. The number of benzene rings is 1. The Labute approximate surface area is 158 Å². The van der Waals surface area contributed by atoms with Gasteiger partial charge < -0.3 is 9.47 Å². The predicted octanol–water partition coefficient (Wildman–Crippen LogP) is 2.94. The smallest absolute Gasteiger partial charge is 0.280 e. The molecule has 0 saturated heterocycles. The maximum absolute atomic E-state index is 12.8. The molecule has 0 aliphatic carbocycles. The third-order valence-electron chi connectivity index (χ3n) is 4.42. The molecule has 9 heteroatoms. The lowest BCUT2D eigenvalue weighted by atomic mass is 10.1. The minimum absolute atomic E-state index is 0.0514. The molecule has 1 atom stereocenters. The SMILES string of the molecule is CC1CCCc2nc(S(=O)(=O)Nc3cc(Cl)ccc3C(=O)N(C)C)cn21. The Bertz CT molecular complexity index is 953. The van der Waals surface area contributed by atoms with Crippen LogP contribution >= 0.6 is 11.6 Å². The molecule has 0 bridgehead atoms. The van der Waals surface area contributed by atoms with Crippen LogP contribution in [0.25, 0.3) is 0 Å². The average Bonchev–Trinajstić information content (AvgIpc) is 3.00. The van der Waals surface area contributed by atoms with Gasteiger partial charge in [0.1, 0.15) is 5.82 Å². The zero-order valence-electron chi connectivity index (χ0n) is 14.9. The average molecular weight is 397 g/mol. The maximum atomic E-state index is 12.8. The molecule has 7 nitrogen and oxygen atoms in total. The highest BCUT2D eigenvalue weighted by Gasteiger charge is 2.26. The van der Waals surface area contributed by atoms with Gasteiger partial charge in [-0.2, -0.15) is 8.42 Å². The van der Waals surface area contributed by atoms with E-state index in [-0.39, 0.29) is 28.2 Å². The van der Waals surface area contributed by atoms with Crippen molar-refractivity contribution in [1.82, 2.24) is 14.5 Å². The fourth-order valence-electron chi connectivity index (χ4n) is 3.02. The van der Waals surface area contributed by atoms with Crippen LogP contribution < -0.4 is 4.72 Å². The molecule has 0 saturated carbocycles. The van der Waals surface area contributed by atoms with Crippen molar-refractivity contribution in [3.8, 4) is 0 Å². The largest absolute Gasteiger partial charge is 0.345 e. The maximum Gasteiger partial charge on any atom is 0.280 e. The fourth-order valence-corrected chi connectivity index (χ4v) is 4.24.